The van der Waals surface area contributed by atoms with E-state index in [0.717, 1.165) is 12.8 Å². The standard InChI is InChI=1S/C14H21N3O4/c1-9-7-10(11(15-9)12(18)19)16-13(20)17(2)8-14(21)5-3-4-6-14/h7,15,21H,3-6,8H2,1-2H3,(H,16,20)(H,18,19). The van der Waals surface area contributed by atoms with Crippen molar-refractivity contribution in [3.63, 3.8) is 0 Å². The van der Waals surface area contributed by atoms with E-state index >= 15 is 0 Å². The number of nitrogens with one attached hydrogen (secondary N) is 2. The molecule has 0 atom stereocenters. The highest BCUT2D eigenvalue weighted by molar-refractivity contribution is 5.99. The molecule has 1 aromatic heterocycles. The Labute approximate surface area is 123 Å². The van der Waals surface area contributed by atoms with E-state index in [0.29, 0.717) is 18.5 Å². The molecule has 116 valence electrons. The van der Waals surface area contributed by atoms with Crippen LogP contribution in [0.5, 0.6) is 0 Å². The second kappa shape index (κ2) is 5.77. The lowest BCUT2D eigenvalue weighted by molar-refractivity contribution is 0.0261. The topological polar surface area (TPSA) is 106 Å². The third-order valence-electron chi connectivity index (χ3n) is 3.82. The van der Waals surface area contributed by atoms with E-state index in [1.807, 2.05) is 0 Å². The number of hydrogen-bond donors (Lipinski definition) is 4. The summed E-state index contributed by atoms with van der Waals surface area (Å²) in [6, 6.07) is 1.14. The smallest absolute Gasteiger partial charge is 0.354 e. The minimum atomic E-state index is -1.13. The first-order valence-corrected chi connectivity index (χ1v) is 6.98. The largest absolute Gasteiger partial charge is 0.477 e. The Morgan fingerprint density at radius 3 is 2.62 bits per heavy atom. The summed E-state index contributed by atoms with van der Waals surface area (Å²) in [5.74, 6) is -1.13. The van der Waals surface area contributed by atoms with Gasteiger partial charge in [-0.15, -0.1) is 0 Å². The van der Waals surface area contributed by atoms with Gasteiger partial charge < -0.3 is 25.4 Å². The van der Waals surface area contributed by atoms with Crippen LogP contribution in [0.15, 0.2) is 6.07 Å². The van der Waals surface area contributed by atoms with E-state index in [1.165, 1.54) is 4.90 Å². The molecule has 0 radical (unpaired) electrons. The molecule has 7 nitrogen and oxygen atoms in total. The molecule has 2 amide bonds. The fourth-order valence-corrected chi connectivity index (χ4v) is 2.77. The molecule has 0 bridgehead atoms. The molecule has 0 aromatic carbocycles. The molecule has 1 aromatic rings. The molecular weight excluding hydrogens is 274 g/mol. The van der Waals surface area contributed by atoms with Gasteiger partial charge in [-0.05, 0) is 25.8 Å². The Morgan fingerprint density at radius 2 is 2.05 bits per heavy atom. The maximum Gasteiger partial charge on any atom is 0.354 e. The van der Waals surface area contributed by atoms with E-state index in [-0.39, 0.29) is 17.9 Å². The number of likely N-dealkylation sites (N-methyl/N-ethyl adjacent to an activating group) is 1. The van der Waals surface area contributed by atoms with Gasteiger partial charge in [0.1, 0.15) is 5.69 Å². The maximum absolute atomic E-state index is 12.1. The first-order chi connectivity index (χ1) is 9.81. The average molecular weight is 295 g/mol. The quantitative estimate of drug-likeness (QED) is 0.679. The molecule has 7 heteroatoms. The van der Waals surface area contributed by atoms with Gasteiger partial charge in [0.2, 0.25) is 0 Å². The molecule has 1 saturated carbocycles. The number of carboxylic acids is 1. The van der Waals surface area contributed by atoms with Crippen LogP contribution in [0, 0.1) is 6.92 Å². The molecule has 0 aliphatic heterocycles. The monoisotopic (exact) mass is 295 g/mol. The van der Waals surface area contributed by atoms with Crippen LogP contribution < -0.4 is 5.32 Å². The van der Waals surface area contributed by atoms with Crippen molar-refractivity contribution in [3.8, 4) is 0 Å². The van der Waals surface area contributed by atoms with Crippen LogP contribution in [0.1, 0.15) is 41.9 Å². The molecule has 2 rings (SSSR count). The zero-order valence-corrected chi connectivity index (χ0v) is 12.3. The van der Waals surface area contributed by atoms with Gasteiger partial charge in [-0.3, -0.25) is 0 Å². The van der Waals surface area contributed by atoms with Crippen LogP contribution in [-0.4, -0.2) is 51.3 Å². The van der Waals surface area contributed by atoms with Crippen LogP contribution >= 0.6 is 0 Å². The summed E-state index contributed by atoms with van der Waals surface area (Å²) in [6.07, 6.45) is 3.31. The van der Waals surface area contributed by atoms with Crippen molar-refractivity contribution in [1.29, 1.82) is 0 Å². The van der Waals surface area contributed by atoms with Gasteiger partial charge in [0.05, 0.1) is 17.8 Å². The fourth-order valence-electron chi connectivity index (χ4n) is 2.77. The molecule has 0 spiro atoms. The van der Waals surface area contributed by atoms with Gasteiger partial charge in [0.25, 0.3) is 0 Å². The number of carbonyl (C=O) groups is 2. The number of carbonyl (C=O) groups excluding carboxylic acids is 1. The highest BCUT2D eigenvalue weighted by Gasteiger charge is 2.33. The van der Waals surface area contributed by atoms with E-state index < -0.39 is 17.6 Å². The first kappa shape index (κ1) is 15.4. The van der Waals surface area contributed by atoms with Crippen molar-refractivity contribution in [2.45, 2.75) is 38.2 Å². The summed E-state index contributed by atoms with van der Waals surface area (Å²) >= 11 is 0. The number of anilines is 1. The molecule has 0 unspecified atom stereocenters. The number of H-pyrrole nitrogens is 1. The van der Waals surface area contributed by atoms with Crippen LogP contribution in [0.4, 0.5) is 10.5 Å². The van der Waals surface area contributed by atoms with E-state index in [1.54, 1.807) is 20.0 Å². The van der Waals surface area contributed by atoms with Crippen molar-refractivity contribution in [2.75, 3.05) is 18.9 Å². The number of aromatic nitrogens is 1. The Bertz CT molecular complexity index is 546. The van der Waals surface area contributed by atoms with Gasteiger partial charge in [-0.25, -0.2) is 9.59 Å². The molecule has 1 aliphatic rings. The summed E-state index contributed by atoms with van der Waals surface area (Å²) < 4.78 is 0. The van der Waals surface area contributed by atoms with E-state index in [4.69, 9.17) is 5.11 Å². The normalized spacial score (nSPS) is 16.7. The average Bonchev–Trinajstić information content (AvgIpc) is 2.96. The van der Waals surface area contributed by atoms with Gasteiger partial charge in [0, 0.05) is 12.7 Å². The predicted octanol–water partition coefficient (Wildman–Crippen LogP) is 1.79. The minimum absolute atomic E-state index is 0.0474. The number of rotatable bonds is 4. The second-order valence-corrected chi connectivity index (χ2v) is 5.76. The van der Waals surface area contributed by atoms with Crippen molar-refractivity contribution in [1.82, 2.24) is 9.88 Å². The van der Waals surface area contributed by atoms with E-state index in [9.17, 15) is 14.7 Å². The third-order valence-corrected chi connectivity index (χ3v) is 3.82. The molecule has 1 heterocycles. The Hall–Kier alpha value is -2.02. The number of aliphatic hydroxyl groups is 1. The van der Waals surface area contributed by atoms with Crippen molar-refractivity contribution in [2.24, 2.45) is 0 Å². The number of carboxylic acid groups (broad SMARTS) is 1. The Balaban J connectivity index is 2.02. The lowest BCUT2D eigenvalue weighted by Gasteiger charge is -2.28. The molecular formula is C14H21N3O4. The van der Waals surface area contributed by atoms with Gasteiger partial charge >= 0.3 is 12.0 Å². The van der Waals surface area contributed by atoms with Crippen LogP contribution in [0.2, 0.25) is 0 Å². The summed E-state index contributed by atoms with van der Waals surface area (Å²) in [5.41, 5.74) is 0.0133. The first-order valence-electron chi connectivity index (χ1n) is 6.98. The maximum atomic E-state index is 12.1. The van der Waals surface area contributed by atoms with Gasteiger partial charge in [0.15, 0.2) is 0 Å². The molecule has 21 heavy (non-hydrogen) atoms. The molecule has 0 saturated heterocycles. The molecule has 4 N–H and O–H groups in total. The van der Waals surface area contributed by atoms with E-state index in [2.05, 4.69) is 10.3 Å². The van der Waals surface area contributed by atoms with Crippen LogP contribution in [0.25, 0.3) is 0 Å². The SMILES string of the molecule is Cc1cc(NC(=O)N(C)CC2(O)CCCC2)c(C(=O)O)[nH]1. The van der Waals surface area contributed by atoms with Gasteiger partial charge in [-0.1, -0.05) is 12.8 Å². The van der Waals surface area contributed by atoms with Crippen LogP contribution in [0.3, 0.4) is 0 Å². The Morgan fingerprint density at radius 1 is 1.43 bits per heavy atom. The highest BCUT2D eigenvalue weighted by atomic mass is 16.4. The zero-order valence-electron chi connectivity index (χ0n) is 12.3. The number of aromatic amines is 1. The van der Waals surface area contributed by atoms with Crippen molar-refractivity contribution >= 4 is 17.7 Å². The molecule has 1 aliphatic carbocycles. The van der Waals surface area contributed by atoms with Crippen molar-refractivity contribution < 1.29 is 19.8 Å². The minimum Gasteiger partial charge on any atom is -0.477 e. The summed E-state index contributed by atoms with van der Waals surface area (Å²) in [6.45, 7) is 1.96. The lowest BCUT2D eigenvalue weighted by atomic mass is 10.0. The zero-order chi connectivity index (χ0) is 15.6. The summed E-state index contributed by atoms with van der Waals surface area (Å²) in [7, 11) is 1.59. The number of urea groups is 1. The highest BCUT2D eigenvalue weighted by Crippen LogP contribution is 2.30. The number of aryl methyl sites for hydroxylation is 1. The third kappa shape index (κ3) is 3.55. The summed E-state index contributed by atoms with van der Waals surface area (Å²) in [5, 5.41) is 21.9. The fraction of sp³-hybridized carbons (Fsp3) is 0.571. The second-order valence-electron chi connectivity index (χ2n) is 5.76. The summed E-state index contributed by atoms with van der Waals surface area (Å²) in [4.78, 5) is 27.3. The predicted molar refractivity (Wildman–Crippen MR) is 77.6 cm³/mol. The number of hydrogen-bond acceptors (Lipinski definition) is 3. The van der Waals surface area contributed by atoms with Crippen LogP contribution in [-0.2, 0) is 0 Å². The number of aromatic carboxylic acids is 1. The number of nitrogens with zero attached hydrogens (tertiary/aromatic N) is 1. The Kier molecular flexibility index (Phi) is 4.22. The molecule has 1 fully saturated rings. The number of amides is 2. The van der Waals surface area contributed by atoms with Crippen molar-refractivity contribution in [3.05, 3.63) is 17.5 Å². The lowest BCUT2D eigenvalue weighted by Crippen LogP contribution is -2.43. The van der Waals surface area contributed by atoms with Gasteiger partial charge in [-0.2, -0.15) is 0 Å².